The fourth-order valence-electron chi connectivity index (χ4n) is 3.89. The lowest BCUT2D eigenvalue weighted by Crippen LogP contribution is -2.44. The summed E-state index contributed by atoms with van der Waals surface area (Å²) in [6, 6.07) is 10.9. The van der Waals surface area contributed by atoms with E-state index in [0.717, 1.165) is 0 Å². The molecule has 0 atom stereocenters. The maximum Gasteiger partial charge on any atom is 0.254 e. The molecule has 3 rings (SSSR count). The van der Waals surface area contributed by atoms with Crippen molar-refractivity contribution >= 4 is 17.7 Å². The molecule has 2 N–H and O–H groups in total. The van der Waals surface area contributed by atoms with Crippen molar-refractivity contribution in [3.8, 4) is 11.5 Å². The molecule has 1 heterocycles. The molecular weight excluding hydrogens is 441 g/mol. The summed E-state index contributed by atoms with van der Waals surface area (Å²) in [5, 5.41) is 5.55. The van der Waals surface area contributed by atoms with Crippen molar-refractivity contribution in [3.63, 3.8) is 0 Å². The van der Waals surface area contributed by atoms with Crippen LogP contribution in [0, 0.1) is 11.7 Å². The quantitative estimate of drug-likeness (QED) is 0.547. The number of ether oxygens (including phenoxy) is 2. The molecule has 182 valence electrons. The predicted octanol–water partition coefficient (Wildman–Crippen LogP) is 2.17. The van der Waals surface area contributed by atoms with E-state index in [0.29, 0.717) is 55.1 Å². The van der Waals surface area contributed by atoms with Crippen LogP contribution in [-0.4, -0.2) is 63.0 Å². The Kier molecular flexibility index (Phi) is 8.84. The van der Waals surface area contributed by atoms with Gasteiger partial charge in [0, 0.05) is 43.7 Å². The smallest absolute Gasteiger partial charge is 0.254 e. The van der Waals surface area contributed by atoms with Crippen molar-refractivity contribution in [2.75, 3.05) is 40.4 Å². The van der Waals surface area contributed by atoms with Crippen LogP contribution in [0.5, 0.6) is 11.5 Å². The first-order chi connectivity index (χ1) is 16.4. The lowest BCUT2D eigenvalue weighted by Gasteiger charge is -2.31. The molecule has 0 spiro atoms. The number of likely N-dealkylation sites (tertiary alicyclic amines) is 1. The Bertz CT molecular complexity index is 999. The minimum absolute atomic E-state index is 0.0807. The van der Waals surface area contributed by atoms with Gasteiger partial charge in [-0.1, -0.05) is 12.1 Å². The van der Waals surface area contributed by atoms with Crippen LogP contribution in [0.3, 0.4) is 0 Å². The molecule has 0 bridgehead atoms. The topological polar surface area (TPSA) is 97.0 Å². The van der Waals surface area contributed by atoms with E-state index in [2.05, 4.69) is 10.6 Å². The van der Waals surface area contributed by atoms with Gasteiger partial charge in [-0.25, -0.2) is 4.39 Å². The van der Waals surface area contributed by atoms with E-state index in [-0.39, 0.29) is 42.4 Å². The van der Waals surface area contributed by atoms with Crippen LogP contribution in [0.2, 0.25) is 0 Å². The van der Waals surface area contributed by atoms with Crippen molar-refractivity contribution < 1.29 is 28.2 Å². The summed E-state index contributed by atoms with van der Waals surface area (Å²) < 4.78 is 23.7. The van der Waals surface area contributed by atoms with Crippen LogP contribution < -0.4 is 20.1 Å². The maximum absolute atomic E-state index is 13.2. The molecule has 34 heavy (non-hydrogen) atoms. The van der Waals surface area contributed by atoms with Gasteiger partial charge in [-0.15, -0.1) is 0 Å². The largest absolute Gasteiger partial charge is 0.497 e. The Balaban J connectivity index is 1.39. The van der Waals surface area contributed by atoms with Crippen LogP contribution in [0.4, 0.5) is 4.39 Å². The molecule has 2 aromatic rings. The third kappa shape index (κ3) is 6.94. The predicted molar refractivity (Wildman–Crippen MR) is 124 cm³/mol. The number of hydrogen-bond donors (Lipinski definition) is 2. The molecule has 1 aliphatic heterocycles. The second kappa shape index (κ2) is 12.0. The SMILES string of the molecule is COc1cc(OC)cc(C(=O)N2CCC(C(=O)NCCNC(=O)Cc3cccc(F)c3)CC2)c1. The second-order valence-electron chi connectivity index (χ2n) is 8.12. The molecule has 2 aromatic carbocycles. The van der Waals surface area contributed by atoms with Crippen LogP contribution in [0.25, 0.3) is 0 Å². The van der Waals surface area contributed by atoms with Crippen molar-refractivity contribution in [1.29, 1.82) is 0 Å². The minimum Gasteiger partial charge on any atom is -0.497 e. The van der Waals surface area contributed by atoms with E-state index in [4.69, 9.17) is 9.47 Å². The van der Waals surface area contributed by atoms with Gasteiger partial charge in [-0.05, 0) is 42.7 Å². The molecule has 0 unspecified atom stereocenters. The summed E-state index contributed by atoms with van der Waals surface area (Å²) in [4.78, 5) is 39.1. The molecule has 1 saturated heterocycles. The van der Waals surface area contributed by atoms with Gasteiger partial charge in [-0.2, -0.15) is 0 Å². The number of carbonyl (C=O) groups excluding carboxylic acids is 3. The van der Waals surface area contributed by atoms with Gasteiger partial charge in [-0.3, -0.25) is 14.4 Å². The Morgan fingerprint density at radius 3 is 2.24 bits per heavy atom. The summed E-state index contributed by atoms with van der Waals surface area (Å²) in [6.07, 6.45) is 1.20. The van der Waals surface area contributed by atoms with Crippen molar-refractivity contribution in [2.24, 2.45) is 5.92 Å². The number of hydrogen-bond acceptors (Lipinski definition) is 5. The van der Waals surface area contributed by atoms with Crippen LogP contribution in [-0.2, 0) is 16.0 Å². The lowest BCUT2D eigenvalue weighted by molar-refractivity contribution is -0.126. The zero-order valence-electron chi connectivity index (χ0n) is 19.4. The molecule has 1 aliphatic rings. The third-order valence-electron chi connectivity index (χ3n) is 5.75. The van der Waals surface area contributed by atoms with Crippen molar-refractivity contribution in [1.82, 2.24) is 15.5 Å². The first kappa shape index (κ1) is 25.0. The summed E-state index contributed by atoms with van der Waals surface area (Å²) in [6.45, 7) is 1.53. The second-order valence-corrected chi connectivity index (χ2v) is 8.12. The van der Waals surface area contributed by atoms with E-state index in [1.54, 1.807) is 35.2 Å². The van der Waals surface area contributed by atoms with E-state index in [1.807, 2.05) is 0 Å². The fraction of sp³-hybridized carbons (Fsp3) is 0.400. The van der Waals surface area contributed by atoms with E-state index in [1.165, 1.54) is 26.4 Å². The Morgan fingerprint density at radius 2 is 1.62 bits per heavy atom. The maximum atomic E-state index is 13.2. The number of nitrogens with one attached hydrogen (secondary N) is 2. The first-order valence-corrected chi connectivity index (χ1v) is 11.2. The summed E-state index contributed by atoms with van der Waals surface area (Å²) in [5.41, 5.74) is 1.07. The molecular formula is C25H30FN3O5. The monoisotopic (exact) mass is 471 g/mol. The molecule has 8 nitrogen and oxygen atoms in total. The fourth-order valence-corrected chi connectivity index (χ4v) is 3.89. The summed E-state index contributed by atoms with van der Waals surface area (Å²) in [7, 11) is 3.06. The third-order valence-corrected chi connectivity index (χ3v) is 5.75. The van der Waals surface area contributed by atoms with Crippen molar-refractivity contribution in [2.45, 2.75) is 19.3 Å². The molecule has 9 heteroatoms. The highest BCUT2D eigenvalue weighted by atomic mass is 19.1. The van der Waals surface area contributed by atoms with Gasteiger partial charge in [0.2, 0.25) is 11.8 Å². The summed E-state index contributed by atoms with van der Waals surface area (Å²) >= 11 is 0. The number of piperidine rings is 1. The molecule has 0 aliphatic carbocycles. The average molecular weight is 472 g/mol. The number of methoxy groups -OCH3 is 2. The lowest BCUT2D eigenvalue weighted by atomic mass is 9.95. The molecule has 0 radical (unpaired) electrons. The van der Waals surface area contributed by atoms with E-state index in [9.17, 15) is 18.8 Å². The highest BCUT2D eigenvalue weighted by molar-refractivity contribution is 5.95. The van der Waals surface area contributed by atoms with Crippen LogP contribution in [0.15, 0.2) is 42.5 Å². The van der Waals surface area contributed by atoms with Gasteiger partial charge in [0.05, 0.1) is 20.6 Å². The van der Waals surface area contributed by atoms with E-state index < -0.39 is 0 Å². The zero-order valence-corrected chi connectivity index (χ0v) is 19.4. The van der Waals surface area contributed by atoms with Gasteiger partial charge >= 0.3 is 0 Å². The number of benzene rings is 2. The van der Waals surface area contributed by atoms with Gasteiger partial charge < -0.3 is 25.0 Å². The van der Waals surface area contributed by atoms with Gasteiger partial charge in [0.25, 0.3) is 5.91 Å². The number of rotatable bonds is 9. The van der Waals surface area contributed by atoms with E-state index >= 15 is 0 Å². The van der Waals surface area contributed by atoms with Crippen LogP contribution >= 0.6 is 0 Å². The van der Waals surface area contributed by atoms with Gasteiger partial charge in [0.15, 0.2) is 0 Å². The number of nitrogens with zero attached hydrogens (tertiary/aromatic N) is 1. The normalized spacial score (nSPS) is 13.8. The first-order valence-electron chi connectivity index (χ1n) is 11.2. The van der Waals surface area contributed by atoms with Crippen molar-refractivity contribution in [3.05, 3.63) is 59.4 Å². The summed E-state index contributed by atoms with van der Waals surface area (Å²) in [5.74, 6) is 0.0628. The Labute approximate surface area is 198 Å². The number of amides is 3. The Hall–Kier alpha value is -3.62. The number of carbonyl (C=O) groups is 3. The average Bonchev–Trinajstić information content (AvgIpc) is 2.85. The Morgan fingerprint density at radius 1 is 0.971 bits per heavy atom. The molecule has 1 fully saturated rings. The number of halogens is 1. The molecule has 0 aromatic heterocycles. The zero-order chi connectivity index (χ0) is 24.5. The van der Waals surface area contributed by atoms with Crippen LogP contribution in [0.1, 0.15) is 28.8 Å². The standard InChI is InChI=1S/C25H30FN3O5/c1-33-21-14-19(15-22(16-21)34-2)25(32)29-10-6-18(7-11-29)24(31)28-9-8-27-23(30)13-17-4-3-5-20(26)12-17/h3-5,12,14-16,18H,6-11,13H2,1-2H3,(H,27,30)(H,28,31). The highest BCUT2D eigenvalue weighted by Gasteiger charge is 2.28. The van der Waals surface area contributed by atoms with Gasteiger partial charge in [0.1, 0.15) is 17.3 Å². The molecule has 0 saturated carbocycles. The molecule has 3 amide bonds. The highest BCUT2D eigenvalue weighted by Crippen LogP contribution is 2.25. The minimum atomic E-state index is -0.381.